The van der Waals surface area contributed by atoms with Crippen molar-refractivity contribution in [3.05, 3.63) is 24.8 Å². The largest absolute Gasteiger partial charge is 0.481 e. The minimum absolute atomic E-state index is 0.0132. The molecule has 2 saturated carbocycles. The van der Waals surface area contributed by atoms with Gasteiger partial charge in [0.05, 0.1) is 5.92 Å². The lowest BCUT2D eigenvalue weighted by atomic mass is 9.71. The van der Waals surface area contributed by atoms with Crippen molar-refractivity contribution in [2.75, 3.05) is 0 Å². The van der Waals surface area contributed by atoms with Gasteiger partial charge in [0.15, 0.2) is 5.41 Å². The number of carboxylic acid groups (broad SMARTS) is 1. The molecule has 0 unspecified atom stereocenters. The Morgan fingerprint density at radius 3 is 1.97 bits per heavy atom. The Balaban J connectivity index is 1.95. The monoisotopic (exact) mass is 432 g/mol. The summed E-state index contributed by atoms with van der Waals surface area (Å²) < 4.78 is 11.4. The molecule has 3 aliphatic carbocycles. The van der Waals surface area contributed by atoms with Gasteiger partial charge in [0.25, 0.3) is 0 Å². The second kappa shape index (κ2) is 7.79. The molecular weight excluding hydrogens is 396 g/mol. The fourth-order valence-electron chi connectivity index (χ4n) is 5.79. The first-order valence-corrected chi connectivity index (χ1v) is 11.2. The van der Waals surface area contributed by atoms with Gasteiger partial charge in [-0.15, -0.1) is 6.58 Å². The van der Waals surface area contributed by atoms with Crippen molar-refractivity contribution in [3.63, 3.8) is 0 Å². The van der Waals surface area contributed by atoms with E-state index < -0.39 is 40.4 Å². The fraction of sp³-hybridized carbons (Fsp3) is 0.720. The minimum Gasteiger partial charge on any atom is -0.481 e. The SMILES string of the molecule is C=C[C@H]1[C@@H]2C=C[C@@H]3CC(C(=O)OC(C)(C)C)(C(=O)OC(C)(C)C)C[C@H]3[C@H]2C[C@H]1C(=O)O. The van der Waals surface area contributed by atoms with Crippen LogP contribution >= 0.6 is 0 Å². The molecule has 31 heavy (non-hydrogen) atoms. The standard InChI is InChI=1S/C25H36O6/c1-8-15-16-10-9-14-12-25(21(28)30-23(2,3)4,22(29)31-24(5,6)7)13-19(14)17(16)11-18(15)20(26)27/h8-10,14-19H,1,11-13H2,2-7H3,(H,26,27)/t14-,15+,16+,17+,18-,19-/m1/s1. The van der Waals surface area contributed by atoms with E-state index in [4.69, 9.17) is 9.47 Å². The van der Waals surface area contributed by atoms with Crippen molar-refractivity contribution in [1.29, 1.82) is 0 Å². The van der Waals surface area contributed by atoms with E-state index in [9.17, 15) is 19.5 Å². The van der Waals surface area contributed by atoms with Crippen LogP contribution in [-0.2, 0) is 23.9 Å². The number of esters is 2. The van der Waals surface area contributed by atoms with Crippen LogP contribution in [-0.4, -0.2) is 34.2 Å². The molecule has 0 amide bonds. The lowest BCUT2D eigenvalue weighted by Crippen LogP contribution is -2.45. The summed E-state index contributed by atoms with van der Waals surface area (Å²) in [6, 6.07) is 0. The van der Waals surface area contributed by atoms with Crippen molar-refractivity contribution >= 4 is 17.9 Å². The van der Waals surface area contributed by atoms with E-state index in [1.165, 1.54) is 0 Å². The lowest BCUT2D eigenvalue weighted by Gasteiger charge is -2.34. The summed E-state index contributed by atoms with van der Waals surface area (Å²) in [6.45, 7) is 14.6. The number of allylic oxidation sites excluding steroid dienone is 3. The molecule has 0 aliphatic heterocycles. The predicted molar refractivity (Wildman–Crippen MR) is 116 cm³/mol. The van der Waals surface area contributed by atoms with Crippen LogP contribution in [0.5, 0.6) is 0 Å². The Bertz CT molecular complexity index is 768. The molecule has 0 saturated heterocycles. The maximum Gasteiger partial charge on any atom is 0.324 e. The van der Waals surface area contributed by atoms with E-state index in [-0.39, 0.29) is 29.6 Å². The fourth-order valence-corrected chi connectivity index (χ4v) is 5.79. The zero-order chi connectivity index (χ0) is 23.4. The van der Waals surface area contributed by atoms with Crippen molar-refractivity contribution in [2.24, 2.45) is 40.9 Å². The zero-order valence-corrected chi connectivity index (χ0v) is 19.5. The molecule has 2 fully saturated rings. The zero-order valence-electron chi connectivity index (χ0n) is 19.5. The van der Waals surface area contributed by atoms with Crippen molar-refractivity contribution in [2.45, 2.75) is 72.0 Å². The number of carboxylic acids is 1. The molecule has 3 rings (SSSR count). The maximum atomic E-state index is 13.4. The van der Waals surface area contributed by atoms with Crippen molar-refractivity contribution < 1.29 is 29.0 Å². The number of aliphatic carboxylic acids is 1. The molecule has 0 aromatic rings. The Hall–Kier alpha value is -2.11. The molecule has 0 radical (unpaired) electrons. The van der Waals surface area contributed by atoms with Gasteiger partial charge in [-0.1, -0.05) is 18.2 Å². The Kier molecular flexibility index (Phi) is 5.92. The molecule has 6 heteroatoms. The summed E-state index contributed by atoms with van der Waals surface area (Å²) in [4.78, 5) is 38.6. The molecule has 172 valence electrons. The number of rotatable bonds is 4. The van der Waals surface area contributed by atoms with Crippen LogP contribution in [0.25, 0.3) is 0 Å². The molecule has 0 spiro atoms. The van der Waals surface area contributed by atoms with Crippen LogP contribution in [0.15, 0.2) is 24.8 Å². The molecular formula is C25H36O6. The summed E-state index contributed by atoms with van der Waals surface area (Å²) in [5.41, 5.74) is -2.83. The average Bonchev–Trinajstić information content (AvgIpc) is 3.17. The number of hydrogen-bond donors (Lipinski definition) is 1. The maximum absolute atomic E-state index is 13.4. The van der Waals surface area contributed by atoms with Crippen LogP contribution in [0.4, 0.5) is 0 Å². The summed E-state index contributed by atoms with van der Waals surface area (Å²) in [5.74, 6) is -2.33. The summed E-state index contributed by atoms with van der Waals surface area (Å²) >= 11 is 0. The molecule has 1 N–H and O–H groups in total. The quantitative estimate of drug-likeness (QED) is 0.402. The summed E-state index contributed by atoms with van der Waals surface area (Å²) in [5, 5.41) is 9.72. The predicted octanol–water partition coefficient (Wildman–Crippen LogP) is 4.39. The number of hydrogen-bond acceptors (Lipinski definition) is 5. The molecule has 0 bridgehead atoms. The highest BCUT2D eigenvalue weighted by Crippen LogP contribution is 2.60. The van der Waals surface area contributed by atoms with Gasteiger partial charge < -0.3 is 14.6 Å². The van der Waals surface area contributed by atoms with Gasteiger partial charge in [-0.2, -0.15) is 0 Å². The lowest BCUT2D eigenvalue weighted by molar-refractivity contribution is -0.185. The summed E-state index contributed by atoms with van der Waals surface area (Å²) in [7, 11) is 0. The van der Waals surface area contributed by atoms with Gasteiger partial charge in [0.1, 0.15) is 11.2 Å². The number of ether oxygens (including phenoxy) is 2. The van der Waals surface area contributed by atoms with Crippen LogP contribution in [0.3, 0.4) is 0 Å². The Morgan fingerprint density at radius 2 is 1.52 bits per heavy atom. The first-order valence-electron chi connectivity index (χ1n) is 11.2. The molecule has 3 aliphatic rings. The first kappa shape index (κ1) is 23.6. The molecule has 6 nitrogen and oxygen atoms in total. The van der Waals surface area contributed by atoms with Gasteiger partial charge in [-0.25, -0.2) is 0 Å². The van der Waals surface area contributed by atoms with Crippen molar-refractivity contribution in [3.8, 4) is 0 Å². The van der Waals surface area contributed by atoms with Crippen LogP contribution < -0.4 is 0 Å². The second-order valence-electron chi connectivity index (χ2n) is 11.4. The smallest absolute Gasteiger partial charge is 0.324 e. The topological polar surface area (TPSA) is 89.9 Å². The van der Waals surface area contributed by atoms with Gasteiger partial charge in [0, 0.05) is 0 Å². The van der Waals surface area contributed by atoms with Crippen LogP contribution in [0.2, 0.25) is 0 Å². The molecule has 0 aromatic heterocycles. The van der Waals surface area contributed by atoms with E-state index in [0.717, 1.165) is 0 Å². The normalized spacial score (nSPS) is 33.9. The third-order valence-electron chi connectivity index (χ3n) is 6.95. The van der Waals surface area contributed by atoms with E-state index in [2.05, 4.69) is 18.7 Å². The van der Waals surface area contributed by atoms with Gasteiger partial charge in [-0.3, -0.25) is 14.4 Å². The first-order chi connectivity index (χ1) is 14.2. The van der Waals surface area contributed by atoms with Crippen LogP contribution in [0, 0.1) is 40.9 Å². The summed E-state index contributed by atoms with van der Waals surface area (Å²) in [6.07, 6.45) is 7.09. The van der Waals surface area contributed by atoms with Crippen molar-refractivity contribution in [1.82, 2.24) is 0 Å². The minimum atomic E-state index is -1.37. The number of carbonyl (C=O) groups is 3. The third-order valence-corrected chi connectivity index (χ3v) is 6.95. The van der Waals surface area contributed by atoms with Gasteiger partial charge in [0.2, 0.25) is 0 Å². The Labute approximate surface area is 185 Å². The number of carbonyl (C=O) groups excluding carboxylic acids is 2. The second-order valence-corrected chi connectivity index (χ2v) is 11.4. The van der Waals surface area contributed by atoms with Gasteiger partial charge in [-0.05, 0) is 90.4 Å². The van der Waals surface area contributed by atoms with E-state index in [1.807, 2.05) is 0 Å². The highest BCUT2D eigenvalue weighted by atomic mass is 16.6. The van der Waals surface area contributed by atoms with Crippen LogP contribution in [0.1, 0.15) is 60.8 Å². The molecule has 0 heterocycles. The van der Waals surface area contributed by atoms with E-state index in [0.29, 0.717) is 19.3 Å². The number of fused-ring (bicyclic) bond motifs is 3. The highest BCUT2D eigenvalue weighted by Gasteiger charge is 2.62. The highest BCUT2D eigenvalue weighted by molar-refractivity contribution is 6.01. The van der Waals surface area contributed by atoms with E-state index in [1.54, 1.807) is 47.6 Å². The third kappa shape index (κ3) is 4.44. The molecule has 6 atom stereocenters. The van der Waals surface area contributed by atoms with Gasteiger partial charge >= 0.3 is 17.9 Å². The Morgan fingerprint density at radius 1 is 0.968 bits per heavy atom. The average molecular weight is 433 g/mol. The molecule has 0 aromatic carbocycles. The van der Waals surface area contributed by atoms with E-state index >= 15 is 0 Å².